The number of thiol groups is 1. The van der Waals surface area contributed by atoms with Crippen LogP contribution in [0.2, 0.25) is 0 Å². The molecule has 0 fully saturated rings. The molecule has 0 unspecified atom stereocenters. The first-order valence-corrected chi connectivity index (χ1v) is 1.95. The van der Waals surface area contributed by atoms with Gasteiger partial charge in [0.15, 0.2) is 0 Å². The van der Waals surface area contributed by atoms with Gasteiger partial charge in [-0.2, -0.15) is 0 Å². The number of hydrogen-bond donors (Lipinski definition) is 1. The Labute approximate surface area is 103 Å². The fourth-order valence-electron chi connectivity index (χ4n) is 0.0428. The van der Waals surface area contributed by atoms with E-state index in [1.54, 1.807) is 0 Å². The second kappa shape index (κ2) is 11.6. The summed E-state index contributed by atoms with van der Waals surface area (Å²) in [7, 11) is 0. The molecule has 0 radical (unpaired) electrons. The first kappa shape index (κ1) is 16.4. The van der Waals surface area contributed by atoms with E-state index in [1.807, 2.05) is 0 Å². The molecular weight excluding hydrogens is 162 g/mol. The van der Waals surface area contributed by atoms with Gasteiger partial charge in [-0.05, 0) is 0 Å². The molecule has 32 valence electrons. The molecule has 0 rings (SSSR count). The van der Waals surface area contributed by atoms with E-state index in [4.69, 9.17) is 5.41 Å². The van der Waals surface area contributed by atoms with Gasteiger partial charge >= 0.3 is 59.1 Å². The van der Waals surface area contributed by atoms with Crippen molar-refractivity contribution >= 4 is 35.2 Å². The fraction of sp³-hybridized carbons (Fsp3) is 0. The first-order chi connectivity index (χ1) is 2.77. The van der Waals surface area contributed by atoms with Crippen LogP contribution in [0.1, 0.15) is 0 Å². The van der Waals surface area contributed by atoms with E-state index in [0.717, 1.165) is 0 Å². The molecule has 0 bridgehead atoms. The van der Waals surface area contributed by atoms with Crippen LogP contribution in [0.15, 0.2) is 4.99 Å². The molecule has 6 heteroatoms. The van der Waals surface area contributed by atoms with Crippen molar-refractivity contribution in [1.29, 1.82) is 0 Å². The summed E-state index contributed by atoms with van der Waals surface area (Å²) in [6.07, 6.45) is 0. The van der Waals surface area contributed by atoms with Gasteiger partial charge in [0.05, 0.1) is 4.32 Å². The van der Waals surface area contributed by atoms with Crippen molar-refractivity contribution in [3.05, 3.63) is 5.41 Å². The van der Waals surface area contributed by atoms with E-state index in [-0.39, 0.29) is 63.4 Å². The fourth-order valence-corrected chi connectivity index (χ4v) is 0.128. The van der Waals surface area contributed by atoms with Crippen LogP contribution >= 0.6 is 24.8 Å². The van der Waals surface area contributed by atoms with E-state index in [9.17, 15) is 0 Å². The summed E-state index contributed by atoms with van der Waals surface area (Å²) in [5, 5.41) is 7.68. The van der Waals surface area contributed by atoms with Crippen LogP contribution < -0.4 is 59.1 Å². The van der Waals surface area contributed by atoms with Crippen molar-refractivity contribution in [2.45, 2.75) is 0 Å². The van der Waals surface area contributed by atoms with Gasteiger partial charge in [-0.15, -0.1) is 18.6 Å². The van der Waals surface area contributed by atoms with E-state index in [1.165, 1.54) is 6.01 Å². The van der Waals surface area contributed by atoms with Gasteiger partial charge in [0, 0.05) is 0 Å². The minimum Gasteiger partial charge on any atom is -0.422 e. The second-order valence-corrected chi connectivity index (χ2v) is 1.61. The summed E-state index contributed by atoms with van der Waals surface area (Å²) in [5.41, 5.74) is 0. The molecule has 8 heavy (non-hydrogen) atoms. The molecule has 0 saturated carbocycles. The molecule has 0 saturated heterocycles. The molecule has 0 atom stereocenters. The van der Waals surface area contributed by atoms with E-state index in [2.05, 4.69) is 29.8 Å². The van der Waals surface area contributed by atoms with Crippen LogP contribution in [0.3, 0.4) is 0 Å². The summed E-state index contributed by atoms with van der Waals surface area (Å²) in [5.74, 6) is 0. The summed E-state index contributed by atoms with van der Waals surface area (Å²) in [6, 6.07) is 1.47. The summed E-state index contributed by atoms with van der Waals surface area (Å²) in [4.78, 5) is 3.03. The molecule has 0 spiro atoms. The largest absolute Gasteiger partial charge is 1.00 e. The van der Waals surface area contributed by atoms with Gasteiger partial charge in [0.2, 0.25) is 0 Å². The predicted molar refractivity (Wildman–Crippen MR) is 32.4 cm³/mol. The van der Waals surface area contributed by atoms with Crippen LogP contribution in [0.4, 0.5) is 0 Å². The smallest absolute Gasteiger partial charge is 0.422 e. The van der Waals surface area contributed by atoms with Gasteiger partial charge in [-0.1, -0.05) is 12.2 Å². The molecule has 2 nitrogen and oxygen atoms in total. The van der Waals surface area contributed by atoms with Gasteiger partial charge in [0.25, 0.3) is 0 Å². The minimum atomic E-state index is 0. The molecule has 0 heterocycles. The van der Waals surface area contributed by atoms with Crippen molar-refractivity contribution in [3.8, 4) is 0 Å². The van der Waals surface area contributed by atoms with Crippen molar-refractivity contribution in [1.82, 2.24) is 0 Å². The van der Waals surface area contributed by atoms with E-state index in [0.29, 0.717) is 0 Å². The summed E-state index contributed by atoms with van der Waals surface area (Å²) in [6.45, 7) is 0. The SMILES string of the molecule is [N-]=C=NC(=S)S.[Na+].[Na+]. The van der Waals surface area contributed by atoms with Crippen LogP contribution in [0, 0.1) is 0 Å². The number of hydrogen-bond acceptors (Lipinski definition) is 1. The molecule has 0 aromatic rings. The Balaban J connectivity index is -0.000000125. The average Bonchev–Trinajstić information content (AvgIpc) is 1.35. The minimum absolute atomic E-state index is 0. The Morgan fingerprint density at radius 2 is 2.00 bits per heavy atom. The zero-order chi connectivity index (χ0) is 4.99. The predicted octanol–water partition coefficient (Wildman–Crippen LogP) is -5.05. The third-order valence-electron chi connectivity index (χ3n) is 0.146. The van der Waals surface area contributed by atoms with Crippen molar-refractivity contribution < 1.29 is 59.1 Å². The zero-order valence-corrected chi connectivity index (χ0v) is 10.5. The van der Waals surface area contributed by atoms with Crippen molar-refractivity contribution in [2.75, 3.05) is 0 Å². The molecule has 0 aromatic carbocycles. The Bertz CT molecular complexity index is 109. The van der Waals surface area contributed by atoms with Crippen molar-refractivity contribution in [2.24, 2.45) is 4.99 Å². The Kier molecular flexibility index (Phi) is 23.8. The second-order valence-electron chi connectivity index (χ2n) is 0.494. The average molecular weight is 163 g/mol. The van der Waals surface area contributed by atoms with Gasteiger partial charge in [0.1, 0.15) is 0 Å². The molecule has 0 aliphatic rings. The third kappa shape index (κ3) is 15.7. The number of nitrogens with zero attached hydrogens (tertiary/aromatic N) is 2. The maximum absolute atomic E-state index is 7.68. The maximum atomic E-state index is 7.68. The van der Waals surface area contributed by atoms with Crippen LogP contribution in [0.25, 0.3) is 5.41 Å². The topological polar surface area (TPSA) is 34.7 Å². The molecule has 0 aliphatic carbocycles. The quantitative estimate of drug-likeness (QED) is 0.165. The van der Waals surface area contributed by atoms with E-state index < -0.39 is 0 Å². The molecule has 0 N–H and O–H groups in total. The Morgan fingerprint density at radius 3 is 2.00 bits per heavy atom. The maximum Gasteiger partial charge on any atom is 1.00 e. The van der Waals surface area contributed by atoms with E-state index >= 15 is 0 Å². The normalized spacial score (nSPS) is 4.62. The van der Waals surface area contributed by atoms with Gasteiger partial charge in [-0.3, -0.25) is 0 Å². The van der Waals surface area contributed by atoms with Crippen LogP contribution in [0.5, 0.6) is 0 Å². The molecular formula is C2HN2Na2S2+. The molecule has 0 aliphatic heterocycles. The standard InChI is InChI=1S/C2HN2S2.2Na/c3-1-4-2(5)6;;/h(H,5,6);;/q-1;2*+1. The third-order valence-corrected chi connectivity index (χ3v) is 0.337. The molecule has 0 aromatic heterocycles. The Morgan fingerprint density at radius 1 is 1.62 bits per heavy atom. The zero-order valence-electron chi connectivity index (χ0n) is 4.75. The van der Waals surface area contributed by atoms with Gasteiger partial charge in [-0.25, -0.2) is 0 Å². The molecule has 0 amide bonds. The van der Waals surface area contributed by atoms with Crippen LogP contribution in [-0.4, -0.2) is 10.3 Å². The first-order valence-electron chi connectivity index (χ1n) is 1.10. The summed E-state index contributed by atoms with van der Waals surface area (Å²) >= 11 is 7.79. The Hall–Kier alpha value is 1.82. The number of aliphatic imine (C=N–C) groups is 1. The van der Waals surface area contributed by atoms with Gasteiger partial charge < -0.3 is 10.4 Å². The van der Waals surface area contributed by atoms with Crippen molar-refractivity contribution in [3.63, 3.8) is 0 Å². The monoisotopic (exact) mass is 163 g/mol. The summed E-state index contributed by atoms with van der Waals surface area (Å²) < 4.78 is 0.0810. The van der Waals surface area contributed by atoms with Crippen LogP contribution in [-0.2, 0) is 0 Å². The number of rotatable bonds is 0. The number of thiocarbonyl (C=S) groups is 1.